The molecule has 0 heteroatoms. The van der Waals surface area contributed by atoms with E-state index in [4.69, 9.17) is 0 Å². The van der Waals surface area contributed by atoms with Crippen molar-refractivity contribution in [3.05, 3.63) is 0 Å². The zero-order chi connectivity index (χ0) is 22.1. The molecule has 178 valence electrons. The van der Waals surface area contributed by atoms with Crippen molar-refractivity contribution in [3.63, 3.8) is 0 Å². The molecular weight excluding hydrogens is 360 g/mol. The van der Waals surface area contributed by atoms with Gasteiger partial charge in [0.2, 0.25) is 0 Å². The molecule has 0 saturated carbocycles. The van der Waals surface area contributed by atoms with Crippen LogP contribution in [0.15, 0.2) is 0 Å². The molecule has 0 bridgehead atoms. The summed E-state index contributed by atoms with van der Waals surface area (Å²) in [6.07, 6.45) is 30.9. The Morgan fingerprint density at radius 3 is 1.23 bits per heavy atom. The van der Waals surface area contributed by atoms with Gasteiger partial charge in [-0.05, 0) is 18.8 Å². The zero-order valence-electron chi connectivity index (χ0n) is 21.7. The van der Waals surface area contributed by atoms with Gasteiger partial charge >= 0.3 is 0 Å². The first-order valence-corrected chi connectivity index (χ1v) is 14.2. The van der Waals surface area contributed by atoms with Crippen LogP contribution in [0.1, 0.15) is 169 Å². The topological polar surface area (TPSA) is 0 Å². The van der Waals surface area contributed by atoms with E-state index in [1.165, 1.54) is 135 Å². The van der Waals surface area contributed by atoms with Crippen LogP contribution in [0.3, 0.4) is 0 Å². The third-order valence-corrected chi connectivity index (χ3v) is 6.62. The molecule has 0 aliphatic rings. The van der Waals surface area contributed by atoms with Crippen molar-refractivity contribution in [1.82, 2.24) is 0 Å². The van der Waals surface area contributed by atoms with Gasteiger partial charge < -0.3 is 0 Å². The second-order valence-electron chi connectivity index (χ2n) is 10.1. The summed E-state index contributed by atoms with van der Waals surface area (Å²) in [6, 6.07) is 0. The Morgan fingerprint density at radius 1 is 0.467 bits per heavy atom. The van der Waals surface area contributed by atoms with Gasteiger partial charge in [0.25, 0.3) is 0 Å². The van der Waals surface area contributed by atoms with E-state index in [1.54, 1.807) is 0 Å². The van der Waals surface area contributed by atoms with E-state index in [-0.39, 0.29) is 0 Å². The van der Waals surface area contributed by atoms with E-state index in [9.17, 15) is 0 Å². The molecular formula is C30H58. The van der Waals surface area contributed by atoms with Crippen LogP contribution >= 0.6 is 0 Å². The zero-order valence-corrected chi connectivity index (χ0v) is 21.7. The standard InChI is InChI=1S/C30H58/c1-5-7-9-11-13-14-15-16-17-18-19-20-21-22-24-26-28-30(29(3)4)27-25-23-12-10-8-6-2/h29-30H,5-25,27H2,1-4H3. The third kappa shape index (κ3) is 22.2. The predicted molar refractivity (Wildman–Crippen MR) is 139 cm³/mol. The van der Waals surface area contributed by atoms with Crippen molar-refractivity contribution >= 4 is 0 Å². The van der Waals surface area contributed by atoms with Crippen molar-refractivity contribution in [1.29, 1.82) is 0 Å². The predicted octanol–water partition coefficient (Wildman–Crippen LogP) is 10.9. The SMILES string of the molecule is CCCCCCCCCCCCCCCCC#CC(CCCCCCCC)C(C)C. The molecule has 0 heterocycles. The summed E-state index contributed by atoms with van der Waals surface area (Å²) in [6.45, 7) is 9.29. The van der Waals surface area contributed by atoms with Crippen molar-refractivity contribution in [2.45, 2.75) is 169 Å². The summed E-state index contributed by atoms with van der Waals surface area (Å²) in [4.78, 5) is 0. The van der Waals surface area contributed by atoms with Crippen LogP contribution in [-0.4, -0.2) is 0 Å². The van der Waals surface area contributed by atoms with Gasteiger partial charge in [-0.1, -0.05) is 156 Å². The maximum atomic E-state index is 3.62. The van der Waals surface area contributed by atoms with Crippen LogP contribution in [0.4, 0.5) is 0 Å². The summed E-state index contributed by atoms with van der Waals surface area (Å²) >= 11 is 0. The quantitative estimate of drug-likeness (QED) is 0.121. The minimum Gasteiger partial charge on any atom is -0.103 e. The van der Waals surface area contributed by atoms with Gasteiger partial charge in [-0.15, -0.1) is 5.92 Å². The monoisotopic (exact) mass is 418 g/mol. The van der Waals surface area contributed by atoms with Crippen LogP contribution < -0.4 is 0 Å². The maximum absolute atomic E-state index is 3.62. The molecule has 0 rings (SSSR count). The fourth-order valence-corrected chi connectivity index (χ4v) is 4.33. The molecule has 0 saturated heterocycles. The number of hydrogen-bond acceptors (Lipinski definition) is 0. The third-order valence-electron chi connectivity index (χ3n) is 6.62. The van der Waals surface area contributed by atoms with Gasteiger partial charge in [0, 0.05) is 12.3 Å². The van der Waals surface area contributed by atoms with Crippen molar-refractivity contribution in [2.75, 3.05) is 0 Å². The van der Waals surface area contributed by atoms with Crippen LogP contribution in [-0.2, 0) is 0 Å². The first kappa shape index (κ1) is 29.6. The van der Waals surface area contributed by atoms with Crippen LogP contribution in [0.5, 0.6) is 0 Å². The van der Waals surface area contributed by atoms with E-state index in [2.05, 4.69) is 39.5 Å². The van der Waals surface area contributed by atoms with Crippen molar-refractivity contribution < 1.29 is 0 Å². The van der Waals surface area contributed by atoms with Crippen LogP contribution in [0, 0.1) is 23.7 Å². The normalized spacial score (nSPS) is 12.2. The lowest BCUT2D eigenvalue weighted by Gasteiger charge is -2.14. The molecule has 0 nitrogen and oxygen atoms in total. The Kier molecular flexibility index (Phi) is 24.5. The number of rotatable bonds is 22. The summed E-state index contributed by atoms with van der Waals surface area (Å²) < 4.78 is 0. The second-order valence-corrected chi connectivity index (χ2v) is 10.1. The van der Waals surface area contributed by atoms with Crippen molar-refractivity contribution in [2.24, 2.45) is 11.8 Å². The molecule has 0 aromatic carbocycles. The smallest absolute Gasteiger partial charge is 0.0225 e. The van der Waals surface area contributed by atoms with Gasteiger partial charge in [0.1, 0.15) is 0 Å². The van der Waals surface area contributed by atoms with E-state index in [1.807, 2.05) is 0 Å². The first-order chi connectivity index (χ1) is 14.7. The van der Waals surface area contributed by atoms with Crippen LogP contribution in [0.25, 0.3) is 0 Å². The average Bonchev–Trinajstić information content (AvgIpc) is 2.74. The summed E-state index contributed by atoms with van der Waals surface area (Å²) in [5.41, 5.74) is 0. The lowest BCUT2D eigenvalue weighted by molar-refractivity contribution is 0.426. The molecule has 0 aliphatic carbocycles. The van der Waals surface area contributed by atoms with E-state index >= 15 is 0 Å². The van der Waals surface area contributed by atoms with Gasteiger partial charge in [0.15, 0.2) is 0 Å². The summed E-state index contributed by atoms with van der Waals surface area (Å²) in [5, 5.41) is 0. The van der Waals surface area contributed by atoms with Gasteiger partial charge in [-0.2, -0.15) is 0 Å². The van der Waals surface area contributed by atoms with Crippen LogP contribution in [0.2, 0.25) is 0 Å². The summed E-state index contributed by atoms with van der Waals surface area (Å²) in [7, 11) is 0. The Labute approximate surface area is 192 Å². The molecule has 0 fully saturated rings. The van der Waals surface area contributed by atoms with E-state index in [0.29, 0.717) is 11.8 Å². The minimum absolute atomic E-state index is 0.628. The lowest BCUT2D eigenvalue weighted by Crippen LogP contribution is -2.06. The molecule has 0 N–H and O–H groups in total. The Balaban J connectivity index is 3.47. The second kappa shape index (κ2) is 24.8. The number of hydrogen-bond donors (Lipinski definition) is 0. The van der Waals surface area contributed by atoms with Gasteiger partial charge in [-0.25, -0.2) is 0 Å². The minimum atomic E-state index is 0.628. The van der Waals surface area contributed by atoms with Crippen molar-refractivity contribution in [3.8, 4) is 11.8 Å². The van der Waals surface area contributed by atoms with E-state index in [0.717, 1.165) is 6.42 Å². The highest BCUT2D eigenvalue weighted by molar-refractivity contribution is 5.04. The molecule has 0 spiro atoms. The fourth-order valence-electron chi connectivity index (χ4n) is 4.33. The molecule has 0 amide bonds. The molecule has 0 aromatic heterocycles. The summed E-state index contributed by atoms with van der Waals surface area (Å²) in [5.74, 6) is 8.48. The largest absolute Gasteiger partial charge is 0.103 e. The Morgan fingerprint density at radius 2 is 0.833 bits per heavy atom. The highest BCUT2D eigenvalue weighted by Gasteiger charge is 2.09. The molecule has 1 unspecified atom stereocenters. The van der Waals surface area contributed by atoms with E-state index < -0.39 is 0 Å². The fraction of sp³-hybridized carbons (Fsp3) is 0.933. The lowest BCUT2D eigenvalue weighted by atomic mass is 9.90. The highest BCUT2D eigenvalue weighted by atomic mass is 14.1. The molecule has 0 radical (unpaired) electrons. The van der Waals surface area contributed by atoms with Gasteiger partial charge in [0.05, 0.1) is 0 Å². The Hall–Kier alpha value is -0.440. The molecule has 30 heavy (non-hydrogen) atoms. The average molecular weight is 419 g/mol. The number of unbranched alkanes of at least 4 members (excludes halogenated alkanes) is 19. The maximum Gasteiger partial charge on any atom is 0.0225 e. The van der Waals surface area contributed by atoms with Gasteiger partial charge in [-0.3, -0.25) is 0 Å². The highest BCUT2D eigenvalue weighted by Crippen LogP contribution is 2.19. The molecule has 0 aliphatic heterocycles. The Bertz CT molecular complexity index is 369. The molecule has 1 atom stereocenters. The first-order valence-electron chi connectivity index (χ1n) is 14.2. The molecule has 0 aromatic rings.